The van der Waals surface area contributed by atoms with Crippen molar-refractivity contribution in [3.8, 4) is 6.07 Å². The van der Waals surface area contributed by atoms with Gasteiger partial charge < -0.3 is 9.64 Å². The lowest BCUT2D eigenvalue weighted by atomic mass is 10.1. The van der Waals surface area contributed by atoms with Gasteiger partial charge in [-0.25, -0.2) is 5.01 Å². The summed E-state index contributed by atoms with van der Waals surface area (Å²) in [4.78, 5) is 13.6. The van der Waals surface area contributed by atoms with Crippen LogP contribution in [0.25, 0.3) is 0 Å². The number of ether oxygens (including phenoxy) is 1. The first-order valence-electron chi connectivity index (χ1n) is 5.16. The third-order valence-corrected chi connectivity index (χ3v) is 2.58. The van der Waals surface area contributed by atoms with Gasteiger partial charge in [0.05, 0.1) is 12.1 Å². The van der Waals surface area contributed by atoms with E-state index in [1.165, 1.54) is 7.05 Å². The lowest BCUT2D eigenvalue weighted by Crippen LogP contribution is -2.16. The molecule has 0 saturated carbocycles. The summed E-state index contributed by atoms with van der Waals surface area (Å²) in [5.74, 6) is 0.413. The molecule has 88 valence electrons. The Hall–Kier alpha value is -2.29. The van der Waals surface area contributed by atoms with Crippen molar-refractivity contribution in [3.63, 3.8) is 0 Å². The molecule has 1 fully saturated rings. The fraction of sp³-hybridized carbons (Fsp3) is 0.364. The van der Waals surface area contributed by atoms with E-state index in [1.807, 2.05) is 18.0 Å². The van der Waals surface area contributed by atoms with Crippen LogP contribution in [0.1, 0.15) is 0 Å². The monoisotopic (exact) mass is 232 g/mol. The molecule has 0 radical (unpaired) electrons. The molecule has 0 bridgehead atoms. The molecule has 0 aliphatic carbocycles. The Kier molecular flexibility index (Phi) is 2.83. The number of amides is 1. The zero-order chi connectivity index (χ0) is 12.4. The van der Waals surface area contributed by atoms with Crippen molar-refractivity contribution in [3.05, 3.63) is 23.6 Å². The molecule has 6 nitrogen and oxygen atoms in total. The summed E-state index contributed by atoms with van der Waals surface area (Å²) in [7, 11) is 3.42. The van der Waals surface area contributed by atoms with Crippen molar-refractivity contribution < 1.29 is 9.53 Å². The molecule has 0 atom stereocenters. The second-order valence-electron chi connectivity index (χ2n) is 3.74. The first-order chi connectivity index (χ1) is 8.13. The van der Waals surface area contributed by atoms with E-state index in [0.29, 0.717) is 18.1 Å². The van der Waals surface area contributed by atoms with E-state index >= 15 is 0 Å². The Morgan fingerprint density at radius 2 is 2.24 bits per heavy atom. The molecular formula is C11H12N4O2. The quantitative estimate of drug-likeness (QED) is 0.600. The van der Waals surface area contributed by atoms with Crippen LogP contribution in [0.3, 0.4) is 0 Å². The highest BCUT2D eigenvalue weighted by Gasteiger charge is 2.27. The van der Waals surface area contributed by atoms with Gasteiger partial charge in [-0.15, -0.1) is 0 Å². The van der Waals surface area contributed by atoms with Gasteiger partial charge in [0.2, 0.25) is 0 Å². The van der Waals surface area contributed by atoms with Crippen LogP contribution < -0.4 is 0 Å². The van der Waals surface area contributed by atoms with Crippen LogP contribution in [0.15, 0.2) is 28.7 Å². The lowest BCUT2D eigenvalue weighted by molar-refractivity contribution is -0.124. The van der Waals surface area contributed by atoms with E-state index in [2.05, 4.69) is 5.10 Å². The summed E-state index contributed by atoms with van der Waals surface area (Å²) in [5, 5.41) is 13.8. The van der Waals surface area contributed by atoms with Crippen LogP contribution in [0, 0.1) is 11.3 Å². The van der Waals surface area contributed by atoms with E-state index in [0.717, 1.165) is 11.6 Å². The number of hydrogen-bond acceptors (Lipinski definition) is 5. The minimum Gasteiger partial charge on any atom is -0.477 e. The summed E-state index contributed by atoms with van der Waals surface area (Å²) >= 11 is 0. The van der Waals surface area contributed by atoms with Crippen LogP contribution in [0.2, 0.25) is 0 Å². The fourth-order valence-corrected chi connectivity index (χ4v) is 1.60. The topological polar surface area (TPSA) is 68.9 Å². The van der Waals surface area contributed by atoms with E-state index in [1.54, 1.807) is 12.2 Å². The maximum absolute atomic E-state index is 11.7. The Labute approximate surface area is 99.1 Å². The molecule has 17 heavy (non-hydrogen) atoms. The highest BCUT2D eigenvalue weighted by atomic mass is 16.5. The van der Waals surface area contributed by atoms with Crippen molar-refractivity contribution in [1.82, 2.24) is 9.91 Å². The molecular weight excluding hydrogens is 220 g/mol. The van der Waals surface area contributed by atoms with Gasteiger partial charge in [0.25, 0.3) is 5.91 Å². The predicted octanol–water partition coefficient (Wildman–Crippen LogP) is 0.0678. The zero-order valence-electron chi connectivity index (χ0n) is 9.67. The maximum Gasteiger partial charge on any atom is 0.276 e. The van der Waals surface area contributed by atoms with Gasteiger partial charge in [0.1, 0.15) is 12.7 Å². The summed E-state index contributed by atoms with van der Waals surface area (Å²) in [5.41, 5.74) is 0.432. The number of likely N-dealkylation sites (N-methyl/N-ethyl adjacent to an activating group) is 2. The van der Waals surface area contributed by atoms with E-state index < -0.39 is 0 Å². The largest absolute Gasteiger partial charge is 0.477 e. The molecule has 0 unspecified atom stereocenters. The Balaban J connectivity index is 2.26. The van der Waals surface area contributed by atoms with Crippen LogP contribution in [0.5, 0.6) is 0 Å². The molecule has 2 aliphatic heterocycles. The Morgan fingerprint density at radius 3 is 2.82 bits per heavy atom. The van der Waals surface area contributed by atoms with Crippen molar-refractivity contribution >= 4 is 11.6 Å². The third-order valence-electron chi connectivity index (χ3n) is 2.58. The summed E-state index contributed by atoms with van der Waals surface area (Å²) < 4.78 is 5.35. The normalized spacial score (nSPS) is 24.3. The number of hydrazone groups is 1. The van der Waals surface area contributed by atoms with Crippen molar-refractivity contribution in [2.24, 2.45) is 5.10 Å². The fourth-order valence-electron chi connectivity index (χ4n) is 1.60. The molecule has 0 spiro atoms. The standard InChI is InChI=1S/C11H12N4O2/c1-14-5-6-17-10(14)4-3-8-9(7-12)13-15(2)11(8)16/h3-4H,5-6H2,1-2H3/b8-3+,10-4+. The number of hydrogen-bond donors (Lipinski definition) is 0. The average Bonchev–Trinajstić information content (AvgIpc) is 2.83. The average molecular weight is 232 g/mol. The molecule has 0 aromatic carbocycles. The molecule has 2 heterocycles. The third kappa shape index (κ3) is 1.99. The van der Waals surface area contributed by atoms with Crippen molar-refractivity contribution in [2.45, 2.75) is 0 Å². The highest BCUT2D eigenvalue weighted by Crippen LogP contribution is 2.15. The highest BCUT2D eigenvalue weighted by molar-refractivity contribution is 6.30. The Morgan fingerprint density at radius 1 is 1.47 bits per heavy atom. The van der Waals surface area contributed by atoms with E-state index in [-0.39, 0.29) is 11.6 Å². The van der Waals surface area contributed by atoms with Crippen LogP contribution in [0.4, 0.5) is 0 Å². The van der Waals surface area contributed by atoms with Crippen molar-refractivity contribution in [1.29, 1.82) is 5.26 Å². The SMILES string of the molecule is CN1N=C(C#N)/C(=C\C=C2\OCCN2C)C1=O. The summed E-state index contributed by atoms with van der Waals surface area (Å²) in [6.45, 7) is 1.46. The van der Waals surface area contributed by atoms with Gasteiger partial charge >= 0.3 is 0 Å². The second-order valence-corrected chi connectivity index (χ2v) is 3.74. The number of nitrogens with zero attached hydrogens (tertiary/aromatic N) is 4. The smallest absolute Gasteiger partial charge is 0.276 e. The molecule has 1 saturated heterocycles. The van der Waals surface area contributed by atoms with Crippen LogP contribution in [-0.2, 0) is 9.53 Å². The molecule has 0 aromatic heterocycles. The molecule has 6 heteroatoms. The molecule has 2 aliphatic rings. The molecule has 0 N–H and O–H groups in total. The first-order valence-corrected chi connectivity index (χ1v) is 5.16. The summed E-state index contributed by atoms with van der Waals surface area (Å²) in [6.07, 6.45) is 3.26. The van der Waals surface area contributed by atoms with Crippen LogP contribution in [-0.4, -0.2) is 48.8 Å². The van der Waals surface area contributed by atoms with E-state index in [4.69, 9.17) is 10.00 Å². The van der Waals surface area contributed by atoms with Gasteiger partial charge in [0.15, 0.2) is 11.6 Å². The number of nitriles is 1. The van der Waals surface area contributed by atoms with Gasteiger partial charge in [-0.3, -0.25) is 4.79 Å². The number of allylic oxidation sites excluding steroid dienone is 2. The lowest BCUT2D eigenvalue weighted by Gasteiger charge is -2.08. The number of carbonyl (C=O) groups excluding carboxylic acids is 1. The predicted molar refractivity (Wildman–Crippen MR) is 60.6 cm³/mol. The molecule has 2 rings (SSSR count). The number of rotatable bonds is 1. The second kappa shape index (κ2) is 4.29. The number of carbonyl (C=O) groups is 1. The van der Waals surface area contributed by atoms with E-state index in [9.17, 15) is 4.79 Å². The maximum atomic E-state index is 11.7. The van der Waals surface area contributed by atoms with Crippen molar-refractivity contribution in [2.75, 3.05) is 27.2 Å². The minimum absolute atomic E-state index is 0.134. The van der Waals surface area contributed by atoms with Gasteiger partial charge in [-0.05, 0) is 12.2 Å². The molecule has 1 amide bonds. The van der Waals surface area contributed by atoms with Gasteiger partial charge in [0, 0.05) is 14.1 Å². The van der Waals surface area contributed by atoms with Gasteiger partial charge in [-0.2, -0.15) is 10.4 Å². The Bertz CT molecular complexity index is 484. The molecule has 0 aromatic rings. The summed E-state index contributed by atoms with van der Waals surface area (Å²) in [6, 6.07) is 1.90. The minimum atomic E-state index is -0.279. The first kappa shape index (κ1) is 11.2. The zero-order valence-corrected chi connectivity index (χ0v) is 9.67. The van der Waals surface area contributed by atoms with Crippen LogP contribution >= 0.6 is 0 Å². The van der Waals surface area contributed by atoms with Gasteiger partial charge in [-0.1, -0.05) is 0 Å².